The van der Waals surface area contributed by atoms with E-state index in [4.69, 9.17) is 21.0 Å². The van der Waals surface area contributed by atoms with E-state index in [1.807, 2.05) is 42.5 Å². The smallest absolute Gasteiger partial charge is 0.291 e. The first kappa shape index (κ1) is 24.0. The Morgan fingerprint density at radius 2 is 1.65 bits per heavy atom. The van der Waals surface area contributed by atoms with E-state index in [9.17, 15) is 9.59 Å². The van der Waals surface area contributed by atoms with Crippen molar-refractivity contribution < 1.29 is 14.0 Å². The Hall–Kier alpha value is -4.75. The SMILES string of the molecule is CC(=NNC(=O)c1cc(-c2ccccc2Cl)nc2ccccc12)c1ccc(NC(=O)c2ccco2)cc1. The zero-order chi connectivity index (χ0) is 25.8. The number of nitrogens with one attached hydrogen (secondary N) is 2. The largest absolute Gasteiger partial charge is 0.459 e. The average Bonchev–Trinajstić information content (AvgIpc) is 3.47. The summed E-state index contributed by atoms with van der Waals surface area (Å²) in [6.07, 6.45) is 1.44. The third kappa shape index (κ3) is 5.27. The van der Waals surface area contributed by atoms with Crippen LogP contribution in [0.3, 0.4) is 0 Å². The molecule has 5 aromatic rings. The lowest BCUT2D eigenvalue weighted by molar-refractivity contribution is 0.0955. The quantitative estimate of drug-likeness (QED) is 0.200. The number of hydrogen-bond acceptors (Lipinski definition) is 5. The van der Waals surface area contributed by atoms with Crippen LogP contribution < -0.4 is 10.7 Å². The number of nitrogens with zero attached hydrogens (tertiary/aromatic N) is 2. The van der Waals surface area contributed by atoms with Gasteiger partial charge in [-0.2, -0.15) is 5.10 Å². The molecule has 0 aliphatic rings. The summed E-state index contributed by atoms with van der Waals surface area (Å²) < 4.78 is 5.10. The number of rotatable bonds is 6. The van der Waals surface area contributed by atoms with Crippen LogP contribution in [-0.4, -0.2) is 22.5 Å². The molecule has 2 heterocycles. The Morgan fingerprint density at radius 3 is 2.41 bits per heavy atom. The molecule has 2 N–H and O–H groups in total. The van der Waals surface area contributed by atoms with Crippen LogP contribution in [0.1, 0.15) is 33.4 Å². The number of fused-ring (bicyclic) bond motifs is 1. The molecule has 0 saturated carbocycles. The van der Waals surface area contributed by atoms with E-state index in [2.05, 4.69) is 15.8 Å². The number of anilines is 1. The molecule has 0 saturated heterocycles. The highest BCUT2D eigenvalue weighted by Crippen LogP contribution is 2.29. The van der Waals surface area contributed by atoms with Gasteiger partial charge in [-0.25, -0.2) is 10.4 Å². The lowest BCUT2D eigenvalue weighted by Gasteiger charge is -2.10. The molecule has 0 aliphatic heterocycles. The normalized spacial score (nSPS) is 11.4. The fourth-order valence-electron chi connectivity index (χ4n) is 3.82. The van der Waals surface area contributed by atoms with Crippen LogP contribution in [0.2, 0.25) is 5.02 Å². The molecule has 7 nitrogen and oxygen atoms in total. The fraction of sp³-hybridized carbons (Fsp3) is 0.0345. The van der Waals surface area contributed by atoms with E-state index < -0.39 is 0 Å². The van der Waals surface area contributed by atoms with Crippen molar-refractivity contribution in [2.24, 2.45) is 5.10 Å². The van der Waals surface area contributed by atoms with E-state index in [1.165, 1.54) is 6.26 Å². The van der Waals surface area contributed by atoms with Gasteiger partial charge in [-0.3, -0.25) is 9.59 Å². The second kappa shape index (κ2) is 10.5. The fourth-order valence-corrected chi connectivity index (χ4v) is 4.06. The van der Waals surface area contributed by atoms with Gasteiger partial charge in [-0.05, 0) is 55.0 Å². The maximum atomic E-state index is 13.2. The molecule has 5 rings (SSSR count). The van der Waals surface area contributed by atoms with Crippen LogP contribution >= 0.6 is 11.6 Å². The summed E-state index contributed by atoms with van der Waals surface area (Å²) in [5, 5.41) is 8.32. The second-order valence-corrected chi connectivity index (χ2v) is 8.61. The maximum absolute atomic E-state index is 13.2. The molecule has 8 heteroatoms. The van der Waals surface area contributed by atoms with Gasteiger partial charge in [0.2, 0.25) is 0 Å². The number of carbonyl (C=O) groups is 2. The summed E-state index contributed by atoms with van der Waals surface area (Å²) in [6, 6.07) is 26.9. The van der Waals surface area contributed by atoms with E-state index >= 15 is 0 Å². The molecule has 182 valence electrons. The summed E-state index contributed by atoms with van der Waals surface area (Å²) in [6.45, 7) is 1.79. The number of pyridine rings is 1. The molecule has 2 aromatic heterocycles. The lowest BCUT2D eigenvalue weighted by Crippen LogP contribution is -2.20. The van der Waals surface area contributed by atoms with E-state index in [0.717, 1.165) is 11.1 Å². The van der Waals surface area contributed by atoms with Crippen molar-refractivity contribution in [3.8, 4) is 11.3 Å². The molecule has 0 unspecified atom stereocenters. The minimum atomic E-state index is -0.367. The van der Waals surface area contributed by atoms with Gasteiger partial charge in [-0.15, -0.1) is 0 Å². The van der Waals surface area contributed by atoms with Crippen LogP contribution in [-0.2, 0) is 0 Å². The van der Waals surface area contributed by atoms with Crippen molar-refractivity contribution in [3.63, 3.8) is 0 Å². The molecular formula is C29H21ClN4O3. The molecule has 0 fully saturated rings. The first-order chi connectivity index (χ1) is 18.0. The molecule has 3 aromatic carbocycles. The Morgan fingerprint density at radius 1 is 0.892 bits per heavy atom. The number of hydrogen-bond donors (Lipinski definition) is 2. The van der Waals surface area contributed by atoms with E-state index in [-0.39, 0.29) is 17.6 Å². The molecule has 0 aliphatic carbocycles. The Labute approximate surface area is 217 Å². The zero-order valence-corrected chi connectivity index (χ0v) is 20.5. The van der Waals surface area contributed by atoms with Crippen molar-refractivity contribution >= 4 is 45.7 Å². The Bertz CT molecular complexity index is 1630. The summed E-state index contributed by atoms with van der Waals surface area (Å²) in [7, 11) is 0. The number of amides is 2. The third-order valence-corrected chi connectivity index (χ3v) is 6.07. The van der Waals surface area contributed by atoms with Crippen LogP contribution in [0, 0.1) is 0 Å². The number of halogens is 1. The first-order valence-electron chi connectivity index (χ1n) is 11.4. The molecule has 0 atom stereocenters. The summed E-state index contributed by atoms with van der Waals surface area (Å²) in [5.74, 6) is -0.476. The van der Waals surface area contributed by atoms with Crippen molar-refractivity contribution in [1.82, 2.24) is 10.4 Å². The number of para-hydroxylation sites is 1. The van der Waals surface area contributed by atoms with Crippen LogP contribution in [0.4, 0.5) is 5.69 Å². The number of furan rings is 1. The topological polar surface area (TPSA) is 96.6 Å². The minimum Gasteiger partial charge on any atom is -0.459 e. The van der Waals surface area contributed by atoms with Gasteiger partial charge >= 0.3 is 0 Å². The van der Waals surface area contributed by atoms with Gasteiger partial charge < -0.3 is 9.73 Å². The highest BCUT2D eigenvalue weighted by molar-refractivity contribution is 6.33. The zero-order valence-electron chi connectivity index (χ0n) is 19.7. The van der Waals surface area contributed by atoms with Gasteiger partial charge in [-0.1, -0.05) is 60.1 Å². The van der Waals surface area contributed by atoms with Gasteiger partial charge in [0.15, 0.2) is 5.76 Å². The summed E-state index contributed by atoms with van der Waals surface area (Å²) in [4.78, 5) is 30.1. The number of carbonyl (C=O) groups excluding carboxylic acids is 2. The molecule has 0 radical (unpaired) electrons. The molecule has 0 bridgehead atoms. The van der Waals surface area contributed by atoms with Crippen LogP contribution in [0.25, 0.3) is 22.2 Å². The van der Waals surface area contributed by atoms with Crippen molar-refractivity contribution in [2.75, 3.05) is 5.32 Å². The monoisotopic (exact) mass is 508 g/mol. The highest BCUT2D eigenvalue weighted by atomic mass is 35.5. The average molecular weight is 509 g/mol. The lowest BCUT2D eigenvalue weighted by atomic mass is 10.0. The van der Waals surface area contributed by atoms with Gasteiger partial charge in [0.25, 0.3) is 11.8 Å². The van der Waals surface area contributed by atoms with Crippen LogP contribution in [0.15, 0.2) is 107 Å². The Kier molecular flexibility index (Phi) is 6.78. The summed E-state index contributed by atoms with van der Waals surface area (Å²) >= 11 is 6.39. The van der Waals surface area contributed by atoms with Gasteiger partial charge in [0.05, 0.1) is 28.7 Å². The molecule has 0 spiro atoms. The predicted molar refractivity (Wildman–Crippen MR) is 145 cm³/mol. The minimum absolute atomic E-state index is 0.228. The van der Waals surface area contributed by atoms with Crippen molar-refractivity contribution in [2.45, 2.75) is 6.92 Å². The number of aromatic nitrogens is 1. The number of benzene rings is 3. The first-order valence-corrected chi connectivity index (χ1v) is 11.8. The predicted octanol–water partition coefficient (Wildman–Crippen LogP) is 6.55. The van der Waals surface area contributed by atoms with Crippen molar-refractivity contribution in [3.05, 3.63) is 119 Å². The highest BCUT2D eigenvalue weighted by Gasteiger charge is 2.15. The van der Waals surface area contributed by atoms with E-state index in [0.29, 0.717) is 38.6 Å². The third-order valence-electron chi connectivity index (χ3n) is 5.74. The van der Waals surface area contributed by atoms with Crippen molar-refractivity contribution in [1.29, 1.82) is 0 Å². The van der Waals surface area contributed by atoms with Gasteiger partial charge in [0.1, 0.15) is 0 Å². The second-order valence-electron chi connectivity index (χ2n) is 8.20. The standard InChI is InChI=1S/C29H21ClN4O3/c1-18(19-12-14-20(15-13-19)31-29(36)27-11-6-16-37-27)33-34-28(35)23-17-26(22-8-2-4-9-24(22)30)32-25-10-5-3-7-21(23)25/h2-17H,1H3,(H,31,36)(H,34,35). The molecule has 37 heavy (non-hydrogen) atoms. The Balaban J connectivity index is 1.36. The summed E-state index contributed by atoms with van der Waals surface area (Å²) in [5.41, 5.74) is 7.10. The van der Waals surface area contributed by atoms with Crippen LogP contribution in [0.5, 0.6) is 0 Å². The maximum Gasteiger partial charge on any atom is 0.291 e. The van der Waals surface area contributed by atoms with E-state index in [1.54, 1.807) is 55.5 Å². The molecule has 2 amide bonds. The molecular weight excluding hydrogens is 488 g/mol. The number of hydrazone groups is 1. The van der Waals surface area contributed by atoms with Gasteiger partial charge in [0, 0.05) is 21.7 Å².